The summed E-state index contributed by atoms with van der Waals surface area (Å²) < 4.78 is 0. The molecular weight excluding hydrogens is 799 g/mol. The Morgan fingerprint density at radius 2 is 0.424 bits per heavy atom. The van der Waals surface area contributed by atoms with Crippen molar-refractivity contribution in [1.82, 2.24) is 15.0 Å². The highest BCUT2D eigenvalue weighted by Gasteiger charge is 2.29. The van der Waals surface area contributed by atoms with Crippen LogP contribution in [0.15, 0.2) is 261 Å². The molecule has 0 unspecified atom stereocenters. The highest BCUT2D eigenvalue weighted by Crippen LogP contribution is 2.56. The molecule has 11 rings (SSSR count). The van der Waals surface area contributed by atoms with Crippen molar-refractivity contribution >= 4 is 0 Å². The van der Waals surface area contributed by atoms with Gasteiger partial charge in [-0.25, -0.2) is 15.0 Å². The van der Waals surface area contributed by atoms with Gasteiger partial charge in [0, 0.05) is 16.7 Å². The first-order valence-electron chi connectivity index (χ1n) is 22.4. The third-order valence-corrected chi connectivity index (χ3v) is 12.1. The van der Waals surface area contributed by atoms with Crippen LogP contribution in [0.25, 0.3) is 112 Å². The van der Waals surface area contributed by atoms with Crippen LogP contribution in [0.1, 0.15) is 0 Å². The summed E-state index contributed by atoms with van der Waals surface area (Å²) in [5.74, 6) is 1.82. The maximum absolute atomic E-state index is 5.34. The summed E-state index contributed by atoms with van der Waals surface area (Å²) >= 11 is 0. The Bertz CT molecular complexity index is 3310. The average molecular weight is 842 g/mol. The van der Waals surface area contributed by atoms with Gasteiger partial charge in [0.05, 0.1) is 0 Å². The van der Waals surface area contributed by atoms with Gasteiger partial charge in [0.2, 0.25) is 0 Å². The van der Waals surface area contributed by atoms with Gasteiger partial charge in [-0.05, 0) is 84.0 Å². The van der Waals surface area contributed by atoms with E-state index in [0.717, 1.165) is 77.9 Å². The second kappa shape index (κ2) is 18.1. The van der Waals surface area contributed by atoms with Crippen molar-refractivity contribution in [1.29, 1.82) is 0 Å². The Morgan fingerprint density at radius 3 is 0.818 bits per heavy atom. The first-order chi connectivity index (χ1) is 32.8. The predicted molar refractivity (Wildman–Crippen MR) is 274 cm³/mol. The number of aromatic nitrogens is 3. The minimum atomic E-state index is 0.596. The van der Waals surface area contributed by atoms with Crippen molar-refractivity contribution in [3.8, 4) is 112 Å². The fraction of sp³-hybridized carbons (Fsp3) is 0. The van der Waals surface area contributed by atoms with Gasteiger partial charge in [-0.15, -0.1) is 0 Å². The summed E-state index contributed by atoms with van der Waals surface area (Å²) in [5, 5.41) is 0. The lowest BCUT2D eigenvalue weighted by atomic mass is 9.74. The van der Waals surface area contributed by atoms with Crippen molar-refractivity contribution in [2.45, 2.75) is 0 Å². The van der Waals surface area contributed by atoms with Gasteiger partial charge in [0.15, 0.2) is 17.5 Å². The van der Waals surface area contributed by atoms with Gasteiger partial charge in [0.25, 0.3) is 0 Å². The molecule has 0 aliphatic carbocycles. The molecule has 1 heterocycles. The number of rotatable bonds is 10. The summed E-state index contributed by atoms with van der Waals surface area (Å²) in [6.45, 7) is 0. The number of benzene rings is 10. The van der Waals surface area contributed by atoms with Crippen molar-refractivity contribution in [2.75, 3.05) is 0 Å². The van der Waals surface area contributed by atoms with Crippen LogP contribution in [0.4, 0.5) is 0 Å². The third-order valence-electron chi connectivity index (χ3n) is 12.1. The summed E-state index contributed by atoms with van der Waals surface area (Å²) in [6.07, 6.45) is 0. The van der Waals surface area contributed by atoms with Gasteiger partial charge in [0.1, 0.15) is 0 Å². The zero-order valence-corrected chi connectivity index (χ0v) is 36.2. The van der Waals surface area contributed by atoms with E-state index in [0.29, 0.717) is 17.5 Å². The minimum Gasteiger partial charge on any atom is -0.208 e. The molecular formula is C63H43N3. The predicted octanol–water partition coefficient (Wildman–Crippen LogP) is 16.5. The average Bonchev–Trinajstić information content (AvgIpc) is 3.41. The quantitative estimate of drug-likeness (QED) is 0.138. The minimum absolute atomic E-state index is 0.596. The number of hydrogen-bond donors (Lipinski definition) is 0. The highest BCUT2D eigenvalue weighted by atomic mass is 15.0. The molecule has 0 N–H and O–H groups in total. The van der Waals surface area contributed by atoms with Crippen LogP contribution in [0.3, 0.4) is 0 Å². The topological polar surface area (TPSA) is 38.7 Å². The zero-order valence-electron chi connectivity index (χ0n) is 36.2. The monoisotopic (exact) mass is 841 g/mol. The molecule has 10 aromatic carbocycles. The van der Waals surface area contributed by atoms with Crippen LogP contribution in [-0.4, -0.2) is 15.0 Å². The van der Waals surface area contributed by atoms with Crippen LogP contribution in [0, 0.1) is 0 Å². The maximum atomic E-state index is 5.34. The Morgan fingerprint density at radius 1 is 0.167 bits per heavy atom. The second-order valence-corrected chi connectivity index (χ2v) is 16.2. The Balaban J connectivity index is 1.26. The lowest BCUT2D eigenvalue weighted by molar-refractivity contribution is 1.07. The first-order valence-corrected chi connectivity index (χ1v) is 22.4. The van der Waals surface area contributed by atoms with E-state index in [9.17, 15) is 0 Å². The molecule has 3 nitrogen and oxygen atoms in total. The zero-order chi connectivity index (χ0) is 44.1. The molecule has 0 saturated carbocycles. The third kappa shape index (κ3) is 7.80. The van der Waals surface area contributed by atoms with E-state index in [-0.39, 0.29) is 0 Å². The maximum Gasteiger partial charge on any atom is 0.164 e. The van der Waals surface area contributed by atoms with E-state index in [1.54, 1.807) is 0 Å². The van der Waals surface area contributed by atoms with Crippen LogP contribution >= 0.6 is 0 Å². The van der Waals surface area contributed by atoms with E-state index in [2.05, 4.69) is 237 Å². The molecule has 0 atom stereocenters. The molecule has 0 aliphatic heterocycles. The van der Waals surface area contributed by atoms with E-state index in [1.165, 1.54) is 16.7 Å². The van der Waals surface area contributed by atoms with E-state index in [1.807, 2.05) is 24.3 Å². The van der Waals surface area contributed by atoms with E-state index in [4.69, 9.17) is 15.0 Å². The largest absolute Gasteiger partial charge is 0.208 e. The lowest BCUT2D eigenvalue weighted by Crippen LogP contribution is -2.03. The molecule has 0 spiro atoms. The SMILES string of the molecule is c1ccc(-c2nc(-c3cccc(-c4c(-c5ccccc5)c(-c5ccccc5)c(-c5ccccc5)c(-c5ccccc5)c4-c4ccccc4)c3)nc(-c3ccccc3-c3ccccc3)n2)cc1. The molecule has 66 heavy (non-hydrogen) atoms. The molecule has 1 aromatic heterocycles. The van der Waals surface area contributed by atoms with Crippen LogP contribution in [-0.2, 0) is 0 Å². The summed E-state index contributed by atoms with van der Waals surface area (Å²) in [6, 6.07) is 92.2. The summed E-state index contributed by atoms with van der Waals surface area (Å²) in [5.41, 5.74) is 18.5. The van der Waals surface area contributed by atoms with Crippen molar-refractivity contribution in [3.05, 3.63) is 261 Å². The molecule has 0 radical (unpaired) electrons. The van der Waals surface area contributed by atoms with Crippen molar-refractivity contribution < 1.29 is 0 Å². The fourth-order valence-electron chi connectivity index (χ4n) is 9.21. The van der Waals surface area contributed by atoms with Crippen LogP contribution in [0.5, 0.6) is 0 Å². The molecule has 0 saturated heterocycles. The summed E-state index contributed by atoms with van der Waals surface area (Å²) in [4.78, 5) is 15.8. The normalized spacial score (nSPS) is 11.0. The Kier molecular flexibility index (Phi) is 11.0. The molecule has 0 amide bonds. The van der Waals surface area contributed by atoms with Gasteiger partial charge in [-0.3, -0.25) is 0 Å². The van der Waals surface area contributed by atoms with Crippen molar-refractivity contribution in [3.63, 3.8) is 0 Å². The standard InChI is InChI=1S/C63H43N3/c1-8-25-44(26-9-1)53-41-22-23-42-54(53)63-65-61(50-37-20-7-21-38-50)64-62(66-63)52-40-24-39-51(43-52)60-58(48-33-16-5-17-34-48)56(46-29-12-3-13-30-46)55(45-27-10-2-11-28-45)57(47-31-14-4-15-32-47)59(60)49-35-18-6-19-36-49/h1-43H. The summed E-state index contributed by atoms with van der Waals surface area (Å²) in [7, 11) is 0. The van der Waals surface area contributed by atoms with E-state index >= 15 is 0 Å². The second-order valence-electron chi connectivity index (χ2n) is 16.2. The van der Waals surface area contributed by atoms with Gasteiger partial charge in [-0.2, -0.15) is 0 Å². The smallest absolute Gasteiger partial charge is 0.164 e. The molecule has 0 bridgehead atoms. The number of nitrogens with zero attached hydrogens (tertiary/aromatic N) is 3. The van der Waals surface area contributed by atoms with Crippen LogP contribution in [0.2, 0.25) is 0 Å². The molecule has 310 valence electrons. The van der Waals surface area contributed by atoms with Gasteiger partial charge < -0.3 is 0 Å². The molecule has 3 heteroatoms. The van der Waals surface area contributed by atoms with Gasteiger partial charge >= 0.3 is 0 Å². The Labute approximate surface area is 386 Å². The highest BCUT2D eigenvalue weighted by molar-refractivity contribution is 6.15. The molecule has 0 aliphatic rings. The Hall–Kier alpha value is -8.79. The molecule has 0 fully saturated rings. The van der Waals surface area contributed by atoms with Crippen LogP contribution < -0.4 is 0 Å². The fourth-order valence-corrected chi connectivity index (χ4v) is 9.21. The molecule has 11 aromatic rings. The van der Waals surface area contributed by atoms with Crippen molar-refractivity contribution in [2.24, 2.45) is 0 Å². The van der Waals surface area contributed by atoms with E-state index < -0.39 is 0 Å². The first kappa shape index (κ1) is 40.0. The lowest BCUT2D eigenvalue weighted by Gasteiger charge is -2.29. The number of hydrogen-bond acceptors (Lipinski definition) is 3. The van der Waals surface area contributed by atoms with Gasteiger partial charge in [-0.1, -0.05) is 255 Å².